The summed E-state index contributed by atoms with van der Waals surface area (Å²) in [7, 11) is 0. The number of benzene rings is 1. The van der Waals surface area contributed by atoms with E-state index in [2.05, 4.69) is 15.6 Å². The number of hydrogen-bond acceptors (Lipinski definition) is 3. The number of hydrogen-bond donors (Lipinski definition) is 4. The van der Waals surface area contributed by atoms with Gasteiger partial charge in [0, 0.05) is 35.4 Å². The van der Waals surface area contributed by atoms with Crippen molar-refractivity contribution in [2.75, 3.05) is 18.5 Å². The van der Waals surface area contributed by atoms with Crippen molar-refractivity contribution in [2.24, 2.45) is 0 Å². The van der Waals surface area contributed by atoms with Gasteiger partial charge in [-0.25, -0.2) is 0 Å². The van der Waals surface area contributed by atoms with E-state index < -0.39 is 11.8 Å². The Morgan fingerprint density at radius 1 is 1.25 bits per heavy atom. The van der Waals surface area contributed by atoms with E-state index in [1.165, 1.54) is 0 Å². The maximum absolute atomic E-state index is 11.7. The van der Waals surface area contributed by atoms with Gasteiger partial charge in [-0.1, -0.05) is 0 Å². The minimum atomic E-state index is -0.713. The first-order chi connectivity index (χ1) is 9.60. The molecule has 0 unspecified atom stereocenters. The van der Waals surface area contributed by atoms with Crippen molar-refractivity contribution in [3.8, 4) is 0 Å². The maximum Gasteiger partial charge on any atom is 0.313 e. The van der Waals surface area contributed by atoms with E-state index in [9.17, 15) is 9.59 Å². The lowest BCUT2D eigenvalue weighted by molar-refractivity contribution is -0.136. The molecule has 0 saturated heterocycles. The molecule has 6 heteroatoms. The molecule has 106 valence electrons. The summed E-state index contributed by atoms with van der Waals surface area (Å²) in [6, 6.07) is 7.35. The number of rotatable bonds is 4. The van der Waals surface area contributed by atoms with E-state index in [4.69, 9.17) is 5.11 Å². The SMILES string of the molecule is Cc1cc2cc(NC(=O)C(=O)NCCCO)ccc2[nH]1. The molecule has 6 nitrogen and oxygen atoms in total. The Morgan fingerprint density at radius 2 is 2.05 bits per heavy atom. The number of aromatic amines is 1. The monoisotopic (exact) mass is 275 g/mol. The first-order valence-corrected chi connectivity index (χ1v) is 6.39. The zero-order valence-electron chi connectivity index (χ0n) is 11.2. The van der Waals surface area contributed by atoms with Gasteiger partial charge in [-0.05, 0) is 37.6 Å². The molecular weight excluding hydrogens is 258 g/mol. The van der Waals surface area contributed by atoms with Crippen LogP contribution in [0.1, 0.15) is 12.1 Å². The van der Waals surface area contributed by atoms with E-state index in [1.54, 1.807) is 12.1 Å². The molecule has 4 N–H and O–H groups in total. The molecule has 2 amide bonds. The standard InChI is InChI=1S/C14H17N3O3/c1-9-7-10-8-11(3-4-12(10)16-9)17-14(20)13(19)15-5-2-6-18/h3-4,7-8,16,18H,2,5-6H2,1H3,(H,15,19)(H,17,20). The second kappa shape index (κ2) is 6.21. The Labute approximate surface area is 116 Å². The lowest BCUT2D eigenvalue weighted by Gasteiger charge is -2.06. The topological polar surface area (TPSA) is 94.2 Å². The molecule has 0 aliphatic rings. The van der Waals surface area contributed by atoms with Crippen molar-refractivity contribution in [3.05, 3.63) is 30.0 Å². The van der Waals surface area contributed by atoms with Crippen LogP contribution in [0.25, 0.3) is 10.9 Å². The number of aliphatic hydroxyl groups excluding tert-OH is 1. The summed E-state index contributed by atoms with van der Waals surface area (Å²) in [5.74, 6) is -1.42. The van der Waals surface area contributed by atoms with Crippen LogP contribution in [0.5, 0.6) is 0 Å². The van der Waals surface area contributed by atoms with Gasteiger partial charge in [-0.2, -0.15) is 0 Å². The van der Waals surface area contributed by atoms with Gasteiger partial charge in [0.05, 0.1) is 0 Å². The fourth-order valence-electron chi connectivity index (χ4n) is 1.90. The molecule has 0 saturated carbocycles. The van der Waals surface area contributed by atoms with Gasteiger partial charge in [0.2, 0.25) is 0 Å². The molecule has 20 heavy (non-hydrogen) atoms. The van der Waals surface area contributed by atoms with Gasteiger partial charge >= 0.3 is 11.8 Å². The van der Waals surface area contributed by atoms with Crippen molar-refractivity contribution in [3.63, 3.8) is 0 Å². The summed E-state index contributed by atoms with van der Waals surface area (Å²) in [5, 5.41) is 14.5. The number of amides is 2. The van der Waals surface area contributed by atoms with Crippen LogP contribution in [-0.4, -0.2) is 35.1 Å². The van der Waals surface area contributed by atoms with Gasteiger partial charge in [0.1, 0.15) is 0 Å². The number of carbonyl (C=O) groups excluding carboxylic acids is 2. The highest BCUT2D eigenvalue weighted by atomic mass is 16.3. The number of aliphatic hydroxyl groups is 1. The number of nitrogens with one attached hydrogen (secondary N) is 3. The third kappa shape index (κ3) is 3.36. The molecule has 0 spiro atoms. The van der Waals surface area contributed by atoms with Gasteiger partial charge in [0.15, 0.2) is 0 Å². The highest BCUT2D eigenvalue weighted by molar-refractivity contribution is 6.39. The van der Waals surface area contributed by atoms with Crippen LogP contribution in [0.2, 0.25) is 0 Å². The molecular formula is C14H17N3O3. The lowest BCUT2D eigenvalue weighted by Crippen LogP contribution is -2.36. The van der Waals surface area contributed by atoms with E-state index in [1.807, 2.05) is 19.1 Å². The van der Waals surface area contributed by atoms with Crippen LogP contribution < -0.4 is 10.6 Å². The fraction of sp³-hybridized carbons (Fsp3) is 0.286. The van der Waals surface area contributed by atoms with Crippen LogP contribution in [-0.2, 0) is 9.59 Å². The average Bonchev–Trinajstić information content (AvgIpc) is 2.78. The van der Waals surface area contributed by atoms with Gasteiger partial charge in [-0.3, -0.25) is 9.59 Å². The normalized spacial score (nSPS) is 10.5. The van der Waals surface area contributed by atoms with Gasteiger partial charge in [0.25, 0.3) is 0 Å². The van der Waals surface area contributed by atoms with Crippen molar-refractivity contribution >= 4 is 28.4 Å². The summed E-state index contributed by atoms with van der Waals surface area (Å²) in [6.07, 6.45) is 0.424. The maximum atomic E-state index is 11.7. The van der Waals surface area contributed by atoms with E-state index in [0.717, 1.165) is 16.6 Å². The van der Waals surface area contributed by atoms with Gasteiger partial charge in [-0.15, -0.1) is 0 Å². The lowest BCUT2D eigenvalue weighted by atomic mass is 10.2. The molecule has 2 rings (SSSR count). The molecule has 0 aliphatic carbocycles. The number of aromatic nitrogens is 1. The Kier molecular flexibility index (Phi) is 4.37. The summed E-state index contributed by atoms with van der Waals surface area (Å²) in [5.41, 5.74) is 2.58. The average molecular weight is 275 g/mol. The molecule has 0 radical (unpaired) electrons. The second-order valence-electron chi connectivity index (χ2n) is 4.54. The van der Waals surface area contributed by atoms with Crippen molar-refractivity contribution in [1.29, 1.82) is 0 Å². The van der Waals surface area contributed by atoms with Crippen molar-refractivity contribution in [1.82, 2.24) is 10.3 Å². The minimum absolute atomic E-state index is 0.0224. The summed E-state index contributed by atoms with van der Waals surface area (Å²) in [4.78, 5) is 26.3. The largest absolute Gasteiger partial charge is 0.396 e. The van der Waals surface area contributed by atoms with E-state index in [-0.39, 0.29) is 13.2 Å². The Balaban J connectivity index is 2.00. The second-order valence-corrected chi connectivity index (χ2v) is 4.54. The van der Waals surface area contributed by atoms with Crippen LogP contribution in [0.15, 0.2) is 24.3 Å². The van der Waals surface area contributed by atoms with Crippen LogP contribution in [0.4, 0.5) is 5.69 Å². The number of anilines is 1. The van der Waals surface area contributed by atoms with Crippen molar-refractivity contribution in [2.45, 2.75) is 13.3 Å². The van der Waals surface area contributed by atoms with Crippen LogP contribution >= 0.6 is 0 Å². The molecule has 1 aromatic carbocycles. The Bertz CT molecular complexity index is 634. The van der Waals surface area contributed by atoms with Crippen molar-refractivity contribution < 1.29 is 14.7 Å². The zero-order valence-corrected chi connectivity index (χ0v) is 11.2. The van der Waals surface area contributed by atoms with E-state index in [0.29, 0.717) is 12.1 Å². The van der Waals surface area contributed by atoms with Crippen LogP contribution in [0, 0.1) is 6.92 Å². The molecule has 0 fully saturated rings. The highest BCUT2D eigenvalue weighted by Gasteiger charge is 2.13. The fourth-order valence-corrected chi connectivity index (χ4v) is 1.90. The quantitative estimate of drug-likeness (QED) is 0.493. The zero-order chi connectivity index (χ0) is 14.5. The third-order valence-corrected chi connectivity index (χ3v) is 2.84. The number of aryl methyl sites for hydroxylation is 1. The Morgan fingerprint density at radius 3 is 2.80 bits per heavy atom. The molecule has 0 bridgehead atoms. The predicted octanol–water partition coefficient (Wildman–Crippen LogP) is 0.913. The molecule has 2 aromatic rings. The first-order valence-electron chi connectivity index (χ1n) is 6.39. The highest BCUT2D eigenvalue weighted by Crippen LogP contribution is 2.19. The molecule has 0 aliphatic heterocycles. The first kappa shape index (κ1) is 14.1. The van der Waals surface area contributed by atoms with Gasteiger partial charge < -0.3 is 20.7 Å². The number of H-pyrrole nitrogens is 1. The number of carbonyl (C=O) groups is 2. The number of fused-ring (bicyclic) bond motifs is 1. The molecule has 0 atom stereocenters. The molecule has 1 heterocycles. The molecule has 1 aromatic heterocycles. The summed E-state index contributed by atoms with van der Waals surface area (Å²) < 4.78 is 0. The third-order valence-electron chi connectivity index (χ3n) is 2.84. The smallest absolute Gasteiger partial charge is 0.313 e. The summed E-state index contributed by atoms with van der Waals surface area (Å²) >= 11 is 0. The Hall–Kier alpha value is -2.34. The van der Waals surface area contributed by atoms with E-state index >= 15 is 0 Å². The van der Waals surface area contributed by atoms with Crippen LogP contribution in [0.3, 0.4) is 0 Å². The minimum Gasteiger partial charge on any atom is -0.396 e. The predicted molar refractivity (Wildman–Crippen MR) is 76.4 cm³/mol. The summed E-state index contributed by atoms with van der Waals surface area (Å²) in [6.45, 7) is 2.21.